The molecule has 110 valence electrons. The normalized spacial score (nSPS) is 17.6. The molecule has 21 heavy (non-hydrogen) atoms. The summed E-state index contributed by atoms with van der Waals surface area (Å²) in [5.41, 5.74) is 0.505. The van der Waals surface area contributed by atoms with Gasteiger partial charge in [-0.15, -0.1) is 0 Å². The van der Waals surface area contributed by atoms with Crippen molar-refractivity contribution >= 4 is 5.91 Å². The van der Waals surface area contributed by atoms with Crippen molar-refractivity contribution in [3.63, 3.8) is 0 Å². The molecular weight excluding hydrogens is 272 g/mol. The quantitative estimate of drug-likeness (QED) is 0.907. The van der Waals surface area contributed by atoms with Crippen LogP contribution in [-0.4, -0.2) is 30.2 Å². The molecule has 2 aromatic heterocycles. The largest absolute Gasteiger partial charge is 0.472 e. The highest BCUT2D eigenvalue weighted by atomic mass is 16.5. The van der Waals surface area contributed by atoms with E-state index in [2.05, 4.69) is 10.3 Å². The molecule has 1 saturated heterocycles. The number of pyridine rings is 1. The summed E-state index contributed by atoms with van der Waals surface area (Å²) < 4.78 is 16.1. The number of amides is 1. The molecule has 6 heteroatoms. The molecule has 1 fully saturated rings. The van der Waals surface area contributed by atoms with E-state index < -0.39 is 0 Å². The second kappa shape index (κ2) is 6.41. The predicted molar refractivity (Wildman–Crippen MR) is 74.0 cm³/mol. The summed E-state index contributed by atoms with van der Waals surface area (Å²) in [5.74, 6) is 0.953. The minimum Gasteiger partial charge on any atom is -0.472 e. The van der Waals surface area contributed by atoms with Crippen molar-refractivity contribution in [3.05, 3.63) is 48.0 Å². The van der Waals surface area contributed by atoms with Crippen LogP contribution in [-0.2, 0) is 11.3 Å². The van der Waals surface area contributed by atoms with Crippen molar-refractivity contribution < 1.29 is 18.7 Å². The molecule has 0 bridgehead atoms. The zero-order valence-electron chi connectivity index (χ0n) is 11.5. The number of nitrogens with one attached hydrogen (secondary N) is 1. The fraction of sp³-hybridized carbons (Fsp3) is 0.333. The van der Waals surface area contributed by atoms with E-state index >= 15 is 0 Å². The third-order valence-corrected chi connectivity index (χ3v) is 3.18. The van der Waals surface area contributed by atoms with Crippen LogP contribution in [0.5, 0.6) is 5.88 Å². The second-order valence-corrected chi connectivity index (χ2v) is 4.75. The van der Waals surface area contributed by atoms with Gasteiger partial charge in [-0.05, 0) is 18.2 Å². The maximum atomic E-state index is 12.1. The number of nitrogens with zero attached hydrogens (tertiary/aromatic N) is 1. The average molecular weight is 288 g/mol. The second-order valence-electron chi connectivity index (χ2n) is 4.75. The van der Waals surface area contributed by atoms with Crippen LogP contribution >= 0.6 is 0 Å². The van der Waals surface area contributed by atoms with E-state index in [-0.39, 0.29) is 12.0 Å². The summed E-state index contributed by atoms with van der Waals surface area (Å²) in [6.07, 6.45) is 3.99. The maximum absolute atomic E-state index is 12.1. The van der Waals surface area contributed by atoms with Crippen molar-refractivity contribution in [2.24, 2.45) is 0 Å². The molecule has 1 atom stereocenters. The highest BCUT2D eigenvalue weighted by Crippen LogP contribution is 2.15. The summed E-state index contributed by atoms with van der Waals surface area (Å²) in [7, 11) is 0. The molecule has 3 heterocycles. The van der Waals surface area contributed by atoms with Crippen molar-refractivity contribution in [2.75, 3.05) is 13.2 Å². The van der Waals surface area contributed by atoms with Gasteiger partial charge in [0, 0.05) is 24.2 Å². The van der Waals surface area contributed by atoms with Gasteiger partial charge in [-0.3, -0.25) is 4.79 Å². The van der Waals surface area contributed by atoms with Crippen LogP contribution in [0, 0.1) is 0 Å². The van der Waals surface area contributed by atoms with Gasteiger partial charge in [0.25, 0.3) is 5.91 Å². The smallest absolute Gasteiger partial charge is 0.251 e. The zero-order chi connectivity index (χ0) is 14.5. The topological polar surface area (TPSA) is 73.6 Å². The molecule has 6 nitrogen and oxygen atoms in total. The number of hydrogen-bond acceptors (Lipinski definition) is 5. The van der Waals surface area contributed by atoms with Gasteiger partial charge in [-0.25, -0.2) is 4.98 Å². The zero-order valence-corrected chi connectivity index (χ0v) is 11.5. The molecule has 1 amide bonds. The Hall–Kier alpha value is -2.34. The van der Waals surface area contributed by atoms with Gasteiger partial charge in [0.05, 0.1) is 26.0 Å². The van der Waals surface area contributed by atoms with Gasteiger partial charge >= 0.3 is 0 Å². The predicted octanol–water partition coefficient (Wildman–Crippen LogP) is 1.77. The summed E-state index contributed by atoms with van der Waals surface area (Å²) in [4.78, 5) is 16.2. The Morgan fingerprint density at radius 1 is 1.48 bits per heavy atom. The van der Waals surface area contributed by atoms with E-state index in [0.717, 1.165) is 6.42 Å². The summed E-state index contributed by atoms with van der Waals surface area (Å²) >= 11 is 0. The molecule has 1 aliphatic rings. The molecule has 3 rings (SSSR count). The Bertz CT molecular complexity index is 591. The lowest BCUT2D eigenvalue weighted by atomic mass is 10.2. The van der Waals surface area contributed by atoms with Gasteiger partial charge in [-0.1, -0.05) is 0 Å². The number of furan rings is 1. The van der Waals surface area contributed by atoms with E-state index in [0.29, 0.717) is 37.0 Å². The first-order chi connectivity index (χ1) is 10.3. The number of rotatable bonds is 5. The molecular formula is C15H16N2O4. The van der Waals surface area contributed by atoms with Crippen LogP contribution in [0.25, 0.3) is 0 Å². The van der Waals surface area contributed by atoms with E-state index in [4.69, 9.17) is 13.9 Å². The lowest BCUT2D eigenvalue weighted by Gasteiger charge is -2.11. The third-order valence-electron chi connectivity index (χ3n) is 3.18. The molecule has 0 spiro atoms. The Kier molecular flexibility index (Phi) is 4.16. The number of carbonyl (C=O) groups is 1. The molecule has 1 unspecified atom stereocenters. The first-order valence-electron chi connectivity index (χ1n) is 6.82. The molecule has 0 radical (unpaired) electrons. The van der Waals surface area contributed by atoms with Crippen LogP contribution < -0.4 is 10.1 Å². The van der Waals surface area contributed by atoms with E-state index in [9.17, 15) is 4.79 Å². The lowest BCUT2D eigenvalue weighted by Crippen LogP contribution is -2.23. The molecule has 0 aliphatic carbocycles. The van der Waals surface area contributed by atoms with E-state index in [1.54, 1.807) is 30.7 Å². The fourth-order valence-corrected chi connectivity index (χ4v) is 2.07. The molecule has 0 aromatic carbocycles. The van der Waals surface area contributed by atoms with Gasteiger partial charge in [-0.2, -0.15) is 0 Å². The standard InChI is InChI=1S/C15H16N2O4/c18-15(17-9-12-2-1-6-20-12)11-3-5-16-14(8-11)21-13-4-7-19-10-13/h1-3,5-6,8,13H,4,7,9-10H2,(H,17,18). The summed E-state index contributed by atoms with van der Waals surface area (Å²) in [6, 6.07) is 6.87. The molecule has 2 aromatic rings. The number of ether oxygens (including phenoxy) is 2. The van der Waals surface area contributed by atoms with Gasteiger partial charge in [0.15, 0.2) is 0 Å². The monoisotopic (exact) mass is 288 g/mol. The Balaban J connectivity index is 1.60. The third kappa shape index (κ3) is 3.61. The number of aromatic nitrogens is 1. The van der Waals surface area contributed by atoms with Crippen LogP contribution in [0.3, 0.4) is 0 Å². The highest BCUT2D eigenvalue weighted by molar-refractivity contribution is 5.94. The van der Waals surface area contributed by atoms with Gasteiger partial charge < -0.3 is 19.2 Å². The SMILES string of the molecule is O=C(NCc1ccco1)c1ccnc(OC2CCOC2)c1. The molecule has 0 saturated carbocycles. The van der Waals surface area contributed by atoms with Gasteiger partial charge in [0.2, 0.25) is 5.88 Å². The minimum absolute atomic E-state index is 0.0129. The lowest BCUT2D eigenvalue weighted by molar-refractivity contribution is 0.0946. The highest BCUT2D eigenvalue weighted by Gasteiger charge is 2.18. The van der Waals surface area contributed by atoms with Crippen molar-refractivity contribution in [1.82, 2.24) is 10.3 Å². The first-order valence-corrected chi connectivity index (χ1v) is 6.82. The maximum Gasteiger partial charge on any atom is 0.251 e. The minimum atomic E-state index is -0.193. The van der Waals surface area contributed by atoms with Crippen LogP contribution in [0.4, 0.5) is 0 Å². The van der Waals surface area contributed by atoms with Crippen LogP contribution in [0.15, 0.2) is 41.1 Å². The van der Waals surface area contributed by atoms with Crippen LogP contribution in [0.2, 0.25) is 0 Å². The van der Waals surface area contributed by atoms with Gasteiger partial charge in [0.1, 0.15) is 11.9 Å². The fourth-order valence-electron chi connectivity index (χ4n) is 2.07. The molecule has 1 N–H and O–H groups in total. The summed E-state index contributed by atoms with van der Waals surface area (Å²) in [5, 5.41) is 2.78. The molecule has 1 aliphatic heterocycles. The Morgan fingerprint density at radius 3 is 3.19 bits per heavy atom. The summed E-state index contributed by atoms with van der Waals surface area (Å²) in [6.45, 7) is 1.62. The van der Waals surface area contributed by atoms with Crippen LogP contribution in [0.1, 0.15) is 22.5 Å². The average Bonchev–Trinajstić information content (AvgIpc) is 3.18. The Morgan fingerprint density at radius 2 is 2.43 bits per heavy atom. The first kappa shape index (κ1) is 13.6. The van der Waals surface area contributed by atoms with Crippen molar-refractivity contribution in [3.8, 4) is 5.88 Å². The van der Waals surface area contributed by atoms with E-state index in [1.165, 1.54) is 0 Å². The Labute approximate surface area is 122 Å². The van der Waals surface area contributed by atoms with Crippen molar-refractivity contribution in [1.29, 1.82) is 0 Å². The van der Waals surface area contributed by atoms with E-state index in [1.807, 2.05) is 6.07 Å². The number of carbonyl (C=O) groups excluding carboxylic acids is 1. The number of hydrogen-bond donors (Lipinski definition) is 1. The van der Waals surface area contributed by atoms with Crippen molar-refractivity contribution in [2.45, 2.75) is 19.1 Å².